The molecule has 6 heteroatoms. The fourth-order valence-electron chi connectivity index (χ4n) is 0.857. The first-order valence-electron chi connectivity index (χ1n) is 3.72. The van der Waals surface area contributed by atoms with Gasteiger partial charge in [0.15, 0.2) is 6.29 Å². The summed E-state index contributed by atoms with van der Waals surface area (Å²) in [6.45, 7) is 1.84. The molecule has 0 saturated carbocycles. The molecule has 0 aliphatic heterocycles. The van der Waals surface area contributed by atoms with Gasteiger partial charge in [0, 0.05) is 0 Å². The van der Waals surface area contributed by atoms with Gasteiger partial charge >= 0.3 is 0 Å². The maximum Gasteiger partial charge on any atom is 0.272 e. The van der Waals surface area contributed by atoms with Crippen LogP contribution in [0.3, 0.4) is 0 Å². The number of aliphatic hydroxyl groups is 2. The number of rotatable bonds is 5. The van der Waals surface area contributed by atoms with Gasteiger partial charge in [-0.15, -0.1) is 0 Å². The zero-order valence-corrected chi connectivity index (χ0v) is 7.66. The van der Waals surface area contributed by atoms with E-state index in [0.29, 0.717) is 6.42 Å². The van der Waals surface area contributed by atoms with E-state index in [2.05, 4.69) is 0 Å². The Bertz CT molecular complexity index is 208. The minimum absolute atomic E-state index is 0.0625. The minimum atomic E-state index is -4.34. The zero-order valence-electron chi connectivity index (χ0n) is 6.84. The highest BCUT2D eigenvalue weighted by Crippen LogP contribution is 2.11. The lowest BCUT2D eigenvalue weighted by molar-refractivity contribution is -0.0446. The van der Waals surface area contributed by atoms with Gasteiger partial charge in [-0.25, -0.2) is 0 Å². The smallest absolute Gasteiger partial charge is 0.272 e. The highest BCUT2D eigenvalue weighted by atomic mass is 32.2. The summed E-state index contributed by atoms with van der Waals surface area (Å²) in [7, 11) is -4.34. The van der Waals surface area contributed by atoms with Crippen molar-refractivity contribution in [2.24, 2.45) is 0 Å². The Kier molecular flexibility index (Phi) is 4.69. The van der Waals surface area contributed by atoms with Crippen molar-refractivity contribution in [3.8, 4) is 0 Å². The van der Waals surface area contributed by atoms with Crippen LogP contribution in [0.25, 0.3) is 0 Å². The molecule has 0 saturated heterocycles. The van der Waals surface area contributed by atoms with Gasteiger partial charge in [-0.05, 0) is 6.42 Å². The van der Waals surface area contributed by atoms with Crippen LogP contribution in [0.2, 0.25) is 0 Å². The Morgan fingerprint density at radius 3 is 2.08 bits per heavy atom. The van der Waals surface area contributed by atoms with Gasteiger partial charge in [0.05, 0.1) is 0 Å². The fraction of sp³-hybridized carbons (Fsp3) is 1.00. The van der Waals surface area contributed by atoms with Gasteiger partial charge in [-0.2, -0.15) is 8.42 Å². The Labute approximate surface area is 71.8 Å². The second-order valence-electron chi connectivity index (χ2n) is 2.61. The molecular weight excluding hydrogens is 184 g/mol. The minimum Gasteiger partial charge on any atom is -0.367 e. The quantitative estimate of drug-likeness (QED) is 0.418. The van der Waals surface area contributed by atoms with E-state index in [9.17, 15) is 8.42 Å². The van der Waals surface area contributed by atoms with Gasteiger partial charge in [0.25, 0.3) is 10.1 Å². The summed E-state index contributed by atoms with van der Waals surface area (Å²) in [5.41, 5.74) is 0. The molecule has 0 aromatic heterocycles. The molecule has 3 N–H and O–H groups in total. The average molecular weight is 198 g/mol. The lowest BCUT2D eigenvalue weighted by Crippen LogP contribution is -2.33. The van der Waals surface area contributed by atoms with Crippen LogP contribution in [0.1, 0.15) is 26.2 Å². The molecule has 0 rings (SSSR count). The topological polar surface area (TPSA) is 94.8 Å². The Hall–Kier alpha value is -0.170. The summed E-state index contributed by atoms with van der Waals surface area (Å²) in [4.78, 5) is 0. The van der Waals surface area contributed by atoms with E-state index in [1.807, 2.05) is 6.92 Å². The number of unbranched alkanes of at least 4 members (excludes halogenated alkanes) is 1. The number of aliphatic hydroxyl groups excluding tert-OH is 1. The van der Waals surface area contributed by atoms with E-state index in [0.717, 1.165) is 6.42 Å². The van der Waals surface area contributed by atoms with Crippen LogP contribution >= 0.6 is 0 Å². The number of hydrogen-bond donors (Lipinski definition) is 3. The van der Waals surface area contributed by atoms with E-state index < -0.39 is 21.7 Å². The Balaban J connectivity index is 4.26. The van der Waals surface area contributed by atoms with Crippen molar-refractivity contribution in [3.05, 3.63) is 0 Å². The average Bonchev–Trinajstić information content (AvgIpc) is 1.84. The molecule has 0 aromatic rings. The van der Waals surface area contributed by atoms with Crippen LogP contribution < -0.4 is 0 Å². The van der Waals surface area contributed by atoms with Crippen LogP contribution in [-0.4, -0.2) is 34.7 Å². The third-order valence-corrected chi connectivity index (χ3v) is 2.80. The van der Waals surface area contributed by atoms with Crippen LogP contribution in [0.5, 0.6) is 0 Å². The van der Waals surface area contributed by atoms with Gasteiger partial charge in [-0.3, -0.25) is 4.55 Å². The molecule has 0 radical (unpaired) electrons. The summed E-state index contributed by atoms with van der Waals surface area (Å²) < 4.78 is 29.6. The van der Waals surface area contributed by atoms with Gasteiger partial charge < -0.3 is 10.2 Å². The largest absolute Gasteiger partial charge is 0.367 e. The third-order valence-electron chi connectivity index (χ3n) is 1.56. The van der Waals surface area contributed by atoms with E-state index in [1.54, 1.807) is 0 Å². The monoisotopic (exact) mass is 198 g/mol. The molecule has 0 spiro atoms. The highest BCUT2D eigenvalue weighted by molar-refractivity contribution is 7.86. The van der Waals surface area contributed by atoms with Crippen molar-refractivity contribution >= 4 is 10.1 Å². The lowest BCUT2D eigenvalue weighted by atomic mass is 10.2. The van der Waals surface area contributed by atoms with Crippen LogP contribution in [0, 0.1) is 0 Å². The van der Waals surface area contributed by atoms with Gasteiger partial charge in [0.2, 0.25) is 0 Å². The summed E-state index contributed by atoms with van der Waals surface area (Å²) in [6.07, 6.45) is -0.681. The van der Waals surface area contributed by atoms with Crippen LogP contribution in [0.4, 0.5) is 0 Å². The lowest BCUT2D eigenvalue weighted by Gasteiger charge is -2.14. The second kappa shape index (κ2) is 4.76. The summed E-state index contributed by atoms with van der Waals surface area (Å²) >= 11 is 0. The molecule has 1 unspecified atom stereocenters. The fourth-order valence-corrected chi connectivity index (χ4v) is 1.63. The van der Waals surface area contributed by atoms with Crippen LogP contribution in [-0.2, 0) is 10.1 Å². The molecule has 0 aliphatic carbocycles. The highest BCUT2D eigenvalue weighted by Gasteiger charge is 2.28. The molecule has 0 aliphatic rings. The van der Waals surface area contributed by atoms with Gasteiger partial charge in [0.1, 0.15) is 5.25 Å². The number of hydrogen-bond acceptors (Lipinski definition) is 4. The van der Waals surface area contributed by atoms with Crippen molar-refractivity contribution in [2.45, 2.75) is 37.7 Å². The maximum atomic E-state index is 10.5. The molecule has 0 fully saturated rings. The first-order chi connectivity index (χ1) is 5.39. The van der Waals surface area contributed by atoms with E-state index in [1.165, 1.54) is 0 Å². The third kappa shape index (κ3) is 4.01. The van der Waals surface area contributed by atoms with E-state index in [4.69, 9.17) is 14.8 Å². The van der Waals surface area contributed by atoms with Gasteiger partial charge in [-0.1, -0.05) is 19.8 Å². The SMILES string of the molecule is CCCCC(C(O)O)S(=O)(=O)O. The zero-order chi connectivity index (χ0) is 9.78. The molecule has 0 heterocycles. The van der Waals surface area contributed by atoms with Crippen molar-refractivity contribution in [1.29, 1.82) is 0 Å². The Morgan fingerprint density at radius 2 is 1.83 bits per heavy atom. The predicted octanol–water partition coefficient (Wildman–Crippen LogP) is -0.256. The normalized spacial score (nSPS) is 15.1. The van der Waals surface area contributed by atoms with Crippen LogP contribution in [0.15, 0.2) is 0 Å². The molecule has 0 aromatic carbocycles. The van der Waals surface area contributed by atoms with E-state index in [-0.39, 0.29) is 6.42 Å². The molecule has 12 heavy (non-hydrogen) atoms. The summed E-state index contributed by atoms with van der Waals surface area (Å²) in [5.74, 6) is 0. The van der Waals surface area contributed by atoms with Crippen molar-refractivity contribution in [1.82, 2.24) is 0 Å². The molecular formula is C6H14O5S. The summed E-state index contributed by atoms with van der Waals surface area (Å²) in [6, 6.07) is 0. The van der Waals surface area contributed by atoms with Crippen molar-refractivity contribution in [2.75, 3.05) is 0 Å². The first kappa shape index (κ1) is 11.8. The second-order valence-corrected chi connectivity index (χ2v) is 4.24. The maximum absolute atomic E-state index is 10.5. The molecule has 74 valence electrons. The first-order valence-corrected chi connectivity index (χ1v) is 5.22. The molecule has 0 amide bonds. The standard InChI is InChI=1S/C6H14O5S/c1-2-3-4-5(6(7)8)12(9,10)11/h5-8H,2-4H2,1H3,(H,9,10,11). The molecule has 0 bridgehead atoms. The summed E-state index contributed by atoms with van der Waals surface area (Å²) in [5, 5.41) is 15.7. The van der Waals surface area contributed by atoms with Crippen molar-refractivity contribution in [3.63, 3.8) is 0 Å². The predicted molar refractivity (Wildman–Crippen MR) is 43.1 cm³/mol. The molecule has 1 atom stereocenters. The van der Waals surface area contributed by atoms with E-state index >= 15 is 0 Å². The molecule has 5 nitrogen and oxygen atoms in total. The van der Waals surface area contributed by atoms with Crippen molar-refractivity contribution < 1.29 is 23.2 Å². The Morgan fingerprint density at radius 1 is 1.33 bits per heavy atom.